The summed E-state index contributed by atoms with van der Waals surface area (Å²) in [6, 6.07) is 13.6. The van der Waals surface area contributed by atoms with Crippen molar-refractivity contribution in [1.82, 2.24) is 5.32 Å². The van der Waals surface area contributed by atoms with Gasteiger partial charge in [-0.05, 0) is 43.5 Å². The minimum absolute atomic E-state index is 0.0254. The van der Waals surface area contributed by atoms with E-state index in [9.17, 15) is 5.11 Å². The van der Waals surface area contributed by atoms with Crippen LogP contribution in [0.3, 0.4) is 0 Å². The quantitative estimate of drug-likeness (QED) is 0.855. The zero-order chi connectivity index (χ0) is 15.3. The van der Waals surface area contributed by atoms with Crippen molar-refractivity contribution >= 4 is 0 Å². The molecule has 0 radical (unpaired) electrons. The Bertz CT molecular complexity index is 639. The summed E-state index contributed by atoms with van der Waals surface area (Å²) in [5.41, 5.74) is -0.0352. The Balaban J connectivity index is 1.71. The molecule has 114 valence electrons. The first-order chi connectivity index (χ1) is 10.8. The molecule has 0 bridgehead atoms. The second-order valence-corrected chi connectivity index (χ2v) is 5.80. The molecule has 1 fully saturated rings. The predicted molar refractivity (Wildman–Crippen MR) is 86.1 cm³/mol. The van der Waals surface area contributed by atoms with E-state index >= 15 is 0 Å². The SMILES string of the molecule is O[C@@]1(C#Cc2ccccc2)CCCC[C@@H]1NCc1ccco1. The highest BCUT2D eigenvalue weighted by molar-refractivity contribution is 5.36. The molecule has 0 spiro atoms. The fourth-order valence-electron chi connectivity index (χ4n) is 2.92. The summed E-state index contributed by atoms with van der Waals surface area (Å²) in [6.45, 7) is 0.618. The summed E-state index contributed by atoms with van der Waals surface area (Å²) < 4.78 is 5.34. The lowest BCUT2D eigenvalue weighted by Crippen LogP contribution is -2.51. The molecular formula is C19H21NO2. The third kappa shape index (κ3) is 3.59. The molecule has 0 amide bonds. The number of rotatable bonds is 3. The summed E-state index contributed by atoms with van der Waals surface area (Å²) >= 11 is 0. The molecule has 0 unspecified atom stereocenters. The molecule has 0 saturated heterocycles. The van der Waals surface area contributed by atoms with Gasteiger partial charge in [0.2, 0.25) is 0 Å². The van der Waals surface area contributed by atoms with Gasteiger partial charge in [-0.25, -0.2) is 0 Å². The second kappa shape index (κ2) is 6.83. The van der Waals surface area contributed by atoms with Crippen molar-refractivity contribution in [3.05, 3.63) is 60.1 Å². The minimum atomic E-state index is -0.972. The van der Waals surface area contributed by atoms with Gasteiger partial charge in [0.05, 0.1) is 12.8 Å². The zero-order valence-corrected chi connectivity index (χ0v) is 12.6. The van der Waals surface area contributed by atoms with Crippen LogP contribution in [0.15, 0.2) is 53.1 Å². The number of hydrogen-bond donors (Lipinski definition) is 2. The Morgan fingerprint density at radius 3 is 2.82 bits per heavy atom. The van der Waals surface area contributed by atoms with E-state index in [0.717, 1.165) is 30.6 Å². The van der Waals surface area contributed by atoms with Gasteiger partial charge in [0, 0.05) is 11.6 Å². The van der Waals surface area contributed by atoms with Crippen LogP contribution in [-0.4, -0.2) is 16.7 Å². The highest BCUT2D eigenvalue weighted by Gasteiger charge is 2.37. The molecule has 1 aromatic carbocycles. The molecule has 3 heteroatoms. The topological polar surface area (TPSA) is 45.4 Å². The van der Waals surface area contributed by atoms with E-state index < -0.39 is 5.60 Å². The summed E-state index contributed by atoms with van der Waals surface area (Å²) in [7, 11) is 0. The lowest BCUT2D eigenvalue weighted by molar-refractivity contribution is 0.0247. The van der Waals surface area contributed by atoms with Gasteiger partial charge >= 0.3 is 0 Å². The van der Waals surface area contributed by atoms with Gasteiger partial charge in [-0.15, -0.1) is 0 Å². The van der Waals surface area contributed by atoms with E-state index in [2.05, 4.69) is 17.2 Å². The largest absolute Gasteiger partial charge is 0.468 e. The normalized spacial score (nSPS) is 24.5. The van der Waals surface area contributed by atoms with Crippen LogP contribution in [0.5, 0.6) is 0 Å². The predicted octanol–water partition coefficient (Wildman–Crippen LogP) is 3.09. The van der Waals surface area contributed by atoms with Crippen LogP contribution in [0.1, 0.15) is 37.0 Å². The monoisotopic (exact) mass is 295 g/mol. The highest BCUT2D eigenvalue weighted by atomic mass is 16.3. The van der Waals surface area contributed by atoms with Crippen LogP contribution in [0, 0.1) is 11.8 Å². The van der Waals surface area contributed by atoms with Gasteiger partial charge in [-0.3, -0.25) is 0 Å². The van der Waals surface area contributed by atoms with Crippen molar-refractivity contribution in [2.75, 3.05) is 0 Å². The summed E-state index contributed by atoms with van der Waals surface area (Å²) in [4.78, 5) is 0. The molecule has 22 heavy (non-hydrogen) atoms. The van der Waals surface area contributed by atoms with Gasteiger partial charge in [0.25, 0.3) is 0 Å². The average Bonchev–Trinajstić information content (AvgIpc) is 3.07. The Hall–Kier alpha value is -2.02. The van der Waals surface area contributed by atoms with Crippen LogP contribution >= 0.6 is 0 Å². The summed E-state index contributed by atoms with van der Waals surface area (Å²) in [6.07, 6.45) is 5.44. The maximum Gasteiger partial charge on any atom is 0.141 e. The minimum Gasteiger partial charge on any atom is -0.468 e. The van der Waals surface area contributed by atoms with Gasteiger partial charge in [-0.2, -0.15) is 0 Å². The third-order valence-electron chi connectivity index (χ3n) is 4.18. The molecule has 3 nitrogen and oxygen atoms in total. The molecule has 3 rings (SSSR count). The standard InChI is InChI=1S/C19H21NO2/c21-19(13-11-16-7-2-1-3-8-16)12-5-4-10-18(19)20-15-17-9-6-14-22-17/h1-3,6-9,14,18,20-21H,4-5,10,12,15H2/t18-,19+/m0/s1. The van der Waals surface area contributed by atoms with Crippen molar-refractivity contribution < 1.29 is 9.52 Å². The van der Waals surface area contributed by atoms with Crippen LogP contribution in [-0.2, 0) is 6.54 Å². The number of nitrogens with one attached hydrogen (secondary N) is 1. The van der Waals surface area contributed by atoms with Gasteiger partial charge in [0.15, 0.2) is 0 Å². The molecule has 1 aliphatic carbocycles. The smallest absolute Gasteiger partial charge is 0.141 e. The lowest BCUT2D eigenvalue weighted by Gasteiger charge is -2.36. The van der Waals surface area contributed by atoms with E-state index in [1.165, 1.54) is 0 Å². The van der Waals surface area contributed by atoms with E-state index in [1.54, 1.807) is 6.26 Å². The van der Waals surface area contributed by atoms with E-state index in [0.29, 0.717) is 13.0 Å². The second-order valence-electron chi connectivity index (χ2n) is 5.80. The summed E-state index contributed by atoms with van der Waals surface area (Å²) in [5.74, 6) is 7.10. The Kier molecular flexibility index (Phi) is 4.62. The van der Waals surface area contributed by atoms with Crippen LogP contribution in [0.4, 0.5) is 0 Å². The first kappa shape index (κ1) is 14.9. The lowest BCUT2D eigenvalue weighted by atomic mass is 9.80. The van der Waals surface area contributed by atoms with E-state index in [-0.39, 0.29) is 6.04 Å². The van der Waals surface area contributed by atoms with Crippen molar-refractivity contribution in [3.63, 3.8) is 0 Å². The number of benzene rings is 1. The average molecular weight is 295 g/mol. The van der Waals surface area contributed by atoms with Gasteiger partial charge in [0.1, 0.15) is 11.4 Å². The number of hydrogen-bond acceptors (Lipinski definition) is 3. The number of furan rings is 1. The Morgan fingerprint density at radius 2 is 2.05 bits per heavy atom. The molecule has 1 aromatic heterocycles. The molecule has 1 saturated carbocycles. The molecular weight excluding hydrogens is 274 g/mol. The van der Waals surface area contributed by atoms with Crippen LogP contribution in [0.2, 0.25) is 0 Å². The molecule has 1 aliphatic rings. The fourth-order valence-corrected chi connectivity index (χ4v) is 2.92. The molecule has 2 atom stereocenters. The van der Waals surface area contributed by atoms with Crippen molar-refractivity contribution in [1.29, 1.82) is 0 Å². The van der Waals surface area contributed by atoms with Crippen LogP contribution in [0.25, 0.3) is 0 Å². The first-order valence-electron chi connectivity index (χ1n) is 7.83. The fraction of sp³-hybridized carbons (Fsp3) is 0.368. The zero-order valence-electron chi connectivity index (χ0n) is 12.6. The van der Waals surface area contributed by atoms with E-state index in [1.807, 2.05) is 42.5 Å². The summed E-state index contributed by atoms with van der Waals surface area (Å²) in [5, 5.41) is 14.4. The Labute approximate surface area is 131 Å². The molecule has 0 aliphatic heterocycles. The van der Waals surface area contributed by atoms with Crippen molar-refractivity contribution in [2.45, 2.75) is 43.9 Å². The van der Waals surface area contributed by atoms with Crippen molar-refractivity contribution in [2.24, 2.45) is 0 Å². The van der Waals surface area contributed by atoms with Gasteiger partial charge < -0.3 is 14.8 Å². The highest BCUT2D eigenvalue weighted by Crippen LogP contribution is 2.28. The Morgan fingerprint density at radius 1 is 1.18 bits per heavy atom. The maximum atomic E-state index is 11.0. The van der Waals surface area contributed by atoms with Gasteiger partial charge in [-0.1, -0.05) is 36.5 Å². The molecule has 2 aromatic rings. The van der Waals surface area contributed by atoms with Crippen LogP contribution < -0.4 is 5.32 Å². The maximum absolute atomic E-state index is 11.0. The van der Waals surface area contributed by atoms with E-state index in [4.69, 9.17) is 4.42 Å². The molecule has 2 N–H and O–H groups in total. The molecule has 1 heterocycles. The first-order valence-corrected chi connectivity index (χ1v) is 7.83. The number of aliphatic hydroxyl groups is 1. The third-order valence-corrected chi connectivity index (χ3v) is 4.18. The van der Waals surface area contributed by atoms with Crippen molar-refractivity contribution in [3.8, 4) is 11.8 Å².